The molecule has 1 saturated heterocycles. The van der Waals surface area contributed by atoms with E-state index in [0.717, 1.165) is 0 Å². The normalized spacial score (nSPS) is 22.1. The predicted octanol–water partition coefficient (Wildman–Crippen LogP) is 1.68. The SMILES string of the molecule is CC1(C)CN(C(=O)COc2ccccc2)CCC1O. The Labute approximate surface area is 114 Å². The molecular formula is C15H21NO3. The zero-order valence-electron chi connectivity index (χ0n) is 11.5. The van der Waals surface area contributed by atoms with E-state index in [1.807, 2.05) is 44.2 Å². The molecule has 1 heterocycles. The molecule has 1 amide bonds. The van der Waals surface area contributed by atoms with Crippen LogP contribution in [0.15, 0.2) is 30.3 Å². The van der Waals surface area contributed by atoms with Crippen LogP contribution >= 0.6 is 0 Å². The zero-order valence-corrected chi connectivity index (χ0v) is 11.5. The number of carbonyl (C=O) groups excluding carboxylic acids is 1. The van der Waals surface area contributed by atoms with Gasteiger partial charge in [0, 0.05) is 18.5 Å². The molecule has 2 rings (SSSR count). The fourth-order valence-electron chi connectivity index (χ4n) is 2.31. The first-order chi connectivity index (χ1) is 8.99. The summed E-state index contributed by atoms with van der Waals surface area (Å²) in [5, 5.41) is 9.88. The Hall–Kier alpha value is -1.55. The van der Waals surface area contributed by atoms with Crippen molar-refractivity contribution in [3.8, 4) is 5.75 Å². The fraction of sp³-hybridized carbons (Fsp3) is 0.533. The van der Waals surface area contributed by atoms with Gasteiger partial charge in [-0.25, -0.2) is 0 Å². The molecule has 4 heteroatoms. The maximum absolute atomic E-state index is 12.1. The molecule has 104 valence electrons. The van der Waals surface area contributed by atoms with Crippen LogP contribution < -0.4 is 4.74 Å². The Morgan fingerprint density at radius 3 is 2.74 bits per heavy atom. The Morgan fingerprint density at radius 2 is 2.11 bits per heavy atom. The van der Waals surface area contributed by atoms with Gasteiger partial charge in [-0.2, -0.15) is 0 Å². The van der Waals surface area contributed by atoms with Crippen molar-refractivity contribution >= 4 is 5.91 Å². The number of carbonyl (C=O) groups is 1. The summed E-state index contributed by atoms with van der Waals surface area (Å²) in [5.41, 5.74) is -0.249. The van der Waals surface area contributed by atoms with Crippen LogP contribution in [-0.4, -0.2) is 41.7 Å². The molecule has 0 aromatic heterocycles. The lowest BCUT2D eigenvalue weighted by molar-refractivity contribution is -0.140. The summed E-state index contributed by atoms with van der Waals surface area (Å²) in [7, 11) is 0. The molecule has 0 saturated carbocycles. The van der Waals surface area contributed by atoms with Crippen LogP contribution in [0.2, 0.25) is 0 Å². The average molecular weight is 263 g/mol. The van der Waals surface area contributed by atoms with E-state index in [4.69, 9.17) is 4.74 Å². The number of aliphatic hydroxyl groups is 1. The van der Waals surface area contributed by atoms with Gasteiger partial charge in [0.1, 0.15) is 5.75 Å². The van der Waals surface area contributed by atoms with E-state index in [9.17, 15) is 9.90 Å². The number of aliphatic hydroxyl groups excluding tert-OH is 1. The van der Waals surface area contributed by atoms with Gasteiger partial charge < -0.3 is 14.7 Å². The van der Waals surface area contributed by atoms with Gasteiger partial charge in [0.25, 0.3) is 5.91 Å². The van der Waals surface area contributed by atoms with Crippen molar-refractivity contribution in [1.29, 1.82) is 0 Å². The Kier molecular flexibility index (Phi) is 4.10. The Balaban J connectivity index is 1.87. The molecule has 1 N–H and O–H groups in total. The third-order valence-electron chi connectivity index (χ3n) is 3.63. The zero-order chi connectivity index (χ0) is 13.9. The second-order valence-corrected chi connectivity index (χ2v) is 5.71. The Bertz CT molecular complexity index is 430. The number of nitrogens with zero attached hydrogens (tertiary/aromatic N) is 1. The molecule has 0 bridgehead atoms. The first kappa shape index (κ1) is 13.9. The van der Waals surface area contributed by atoms with E-state index in [2.05, 4.69) is 0 Å². The molecular weight excluding hydrogens is 242 g/mol. The van der Waals surface area contributed by atoms with Gasteiger partial charge in [0.15, 0.2) is 6.61 Å². The number of para-hydroxylation sites is 1. The monoisotopic (exact) mass is 263 g/mol. The lowest BCUT2D eigenvalue weighted by atomic mass is 9.81. The summed E-state index contributed by atoms with van der Waals surface area (Å²) in [6.07, 6.45) is 0.288. The van der Waals surface area contributed by atoms with E-state index >= 15 is 0 Å². The fourth-order valence-corrected chi connectivity index (χ4v) is 2.31. The standard InChI is InChI=1S/C15H21NO3/c1-15(2)11-16(9-8-13(15)17)14(18)10-19-12-6-4-3-5-7-12/h3-7,13,17H,8-11H2,1-2H3. The summed E-state index contributed by atoms with van der Waals surface area (Å²) in [5.74, 6) is 0.677. The minimum absolute atomic E-state index is 0.0242. The second-order valence-electron chi connectivity index (χ2n) is 5.71. The highest BCUT2D eigenvalue weighted by Gasteiger charge is 2.36. The summed E-state index contributed by atoms with van der Waals surface area (Å²) < 4.78 is 5.46. The number of rotatable bonds is 3. The highest BCUT2D eigenvalue weighted by molar-refractivity contribution is 5.78. The van der Waals surface area contributed by atoms with Crippen molar-refractivity contribution in [1.82, 2.24) is 4.90 Å². The largest absolute Gasteiger partial charge is 0.484 e. The molecule has 0 spiro atoms. The highest BCUT2D eigenvalue weighted by atomic mass is 16.5. The van der Waals surface area contributed by atoms with Crippen LogP contribution in [0, 0.1) is 5.41 Å². The van der Waals surface area contributed by atoms with Gasteiger partial charge in [0.2, 0.25) is 0 Å². The lowest BCUT2D eigenvalue weighted by Gasteiger charge is -2.41. The molecule has 1 fully saturated rings. The minimum Gasteiger partial charge on any atom is -0.484 e. The number of hydrogen-bond acceptors (Lipinski definition) is 3. The van der Waals surface area contributed by atoms with Crippen molar-refractivity contribution in [2.24, 2.45) is 5.41 Å². The van der Waals surface area contributed by atoms with Gasteiger partial charge in [-0.15, -0.1) is 0 Å². The van der Waals surface area contributed by atoms with E-state index in [0.29, 0.717) is 25.3 Å². The average Bonchev–Trinajstić information content (AvgIpc) is 2.40. The lowest BCUT2D eigenvalue weighted by Crippen LogP contribution is -2.51. The third kappa shape index (κ3) is 3.47. The van der Waals surface area contributed by atoms with E-state index in [1.165, 1.54) is 0 Å². The number of piperidine rings is 1. The summed E-state index contributed by atoms with van der Waals surface area (Å²) >= 11 is 0. The molecule has 19 heavy (non-hydrogen) atoms. The van der Waals surface area contributed by atoms with Crippen molar-refractivity contribution in [2.75, 3.05) is 19.7 Å². The summed E-state index contributed by atoms with van der Waals surface area (Å²) in [6.45, 7) is 5.19. The quantitative estimate of drug-likeness (QED) is 0.902. The smallest absolute Gasteiger partial charge is 0.260 e. The number of benzene rings is 1. The van der Waals surface area contributed by atoms with Gasteiger partial charge in [-0.05, 0) is 18.6 Å². The molecule has 4 nitrogen and oxygen atoms in total. The number of likely N-dealkylation sites (tertiary alicyclic amines) is 1. The minimum atomic E-state index is -0.341. The van der Waals surface area contributed by atoms with Crippen LogP contribution in [0.1, 0.15) is 20.3 Å². The maximum atomic E-state index is 12.1. The number of hydrogen-bond donors (Lipinski definition) is 1. The molecule has 1 unspecified atom stereocenters. The van der Waals surface area contributed by atoms with E-state index in [1.54, 1.807) is 4.90 Å². The van der Waals surface area contributed by atoms with Crippen molar-refractivity contribution in [2.45, 2.75) is 26.4 Å². The van der Waals surface area contributed by atoms with Crippen LogP contribution in [0.4, 0.5) is 0 Å². The maximum Gasteiger partial charge on any atom is 0.260 e. The third-order valence-corrected chi connectivity index (χ3v) is 3.63. The van der Waals surface area contributed by atoms with Crippen molar-refractivity contribution < 1.29 is 14.6 Å². The Morgan fingerprint density at radius 1 is 1.42 bits per heavy atom. The molecule has 1 aliphatic heterocycles. The summed E-state index contributed by atoms with van der Waals surface area (Å²) in [4.78, 5) is 13.9. The molecule has 1 aromatic rings. The second kappa shape index (κ2) is 5.61. The molecule has 1 atom stereocenters. The summed E-state index contributed by atoms with van der Waals surface area (Å²) in [6, 6.07) is 9.32. The van der Waals surface area contributed by atoms with Gasteiger partial charge >= 0.3 is 0 Å². The van der Waals surface area contributed by atoms with Gasteiger partial charge in [-0.1, -0.05) is 32.0 Å². The van der Waals surface area contributed by atoms with Gasteiger partial charge in [0.05, 0.1) is 6.10 Å². The van der Waals surface area contributed by atoms with Crippen LogP contribution in [0.25, 0.3) is 0 Å². The number of ether oxygens (including phenoxy) is 1. The first-order valence-electron chi connectivity index (χ1n) is 6.63. The topological polar surface area (TPSA) is 49.8 Å². The highest BCUT2D eigenvalue weighted by Crippen LogP contribution is 2.29. The first-order valence-corrected chi connectivity index (χ1v) is 6.63. The van der Waals surface area contributed by atoms with Crippen molar-refractivity contribution in [3.63, 3.8) is 0 Å². The van der Waals surface area contributed by atoms with E-state index < -0.39 is 0 Å². The molecule has 1 aliphatic rings. The molecule has 0 radical (unpaired) electrons. The van der Waals surface area contributed by atoms with Crippen LogP contribution in [-0.2, 0) is 4.79 Å². The molecule has 1 aromatic carbocycles. The van der Waals surface area contributed by atoms with Crippen molar-refractivity contribution in [3.05, 3.63) is 30.3 Å². The van der Waals surface area contributed by atoms with Gasteiger partial charge in [-0.3, -0.25) is 4.79 Å². The number of amides is 1. The van der Waals surface area contributed by atoms with Crippen LogP contribution in [0.3, 0.4) is 0 Å². The molecule has 0 aliphatic carbocycles. The predicted molar refractivity (Wildman–Crippen MR) is 72.9 cm³/mol. The van der Waals surface area contributed by atoms with Crippen LogP contribution in [0.5, 0.6) is 5.75 Å². The van der Waals surface area contributed by atoms with E-state index in [-0.39, 0.29) is 24.0 Å².